The first-order chi connectivity index (χ1) is 8.27. The van der Waals surface area contributed by atoms with Crippen molar-refractivity contribution < 1.29 is 0 Å². The first kappa shape index (κ1) is 10.2. The Balaban J connectivity index is 2.40. The molecule has 0 aliphatic carbocycles. The van der Waals surface area contributed by atoms with Crippen LogP contribution in [0.1, 0.15) is 0 Å². The minimum absolute atomic E-state index is 0.396. The molecule has 0 unspecified atom stereocenters. The summed E-state index contributed by atoms with van der Waals surface area (Å²) in [4.78, 5) is 12.4. The zero-order chi connectivity index (χ0) is 11.8. The minimum Gasteiger partial charge on any atom is -0.382 e. The molecular weight excluding hydrogens is 284 g/mol. The Labute approximate surface area is 105 Å². The van der Waals surface area contributed by atoms with Gasteiger partial charge >= 0.3 is 0 Å². The Morgan fingerprint density at radius 3 is 2.65 bits per heavy atom. The monoisotopic (exact) mass is 290 g/mol. The van der Waals surface area contributed by atoms with Gasteiger partial charge in [0.05, 0.1) is 5.56 Å². The lowest BCUT2D eigenvalue weighted by Crippen LogP contribution is -1.97. The molecule has 6 nitrogen and oxygen atoms in total. The van der Waals surface area contributed by atoms with Crippen LogP contribution in [0.3, 0.4) is 0 Å². The van der Waals surface area contributed by atoms with Gasteiger partial charge in [0, 0.05) is 24.8 Å². The average molecular weight is 291 g/mol. The van der Waals surface area contributed by atoms with E-state index in [2.05, 4.69) is 36.0 Å². The predicted octanol–water partition coefficient (Wildman–Crippen LogP) is 1.53. The highest BCUT2D eigenvalue weighted by molar-refractivity contribution is 9.10. The van der Waals surface area contributed by atoms with E-state index in [-0.39, 0.29) is 0 Å². The molecule has 17 heavy (non-hydrogen) atoms. The van der Waals surface area contributed by atoms with Crippen LogP contribution in [0.15, 0.2) is 35.5 Å². The lowest BCUT2D eigenvalue weighted by atomic mass is 10.2. The number of aromatic nitrogens is 5. The third-order valence-electron chi connectivity index (χ3n) is 2.32. The number of nitrogens with two attached hydrogens (primary N) is 1. The van der Waals surface area contributed by atoms with E-state index >= 15 is 0 Å². The van der Waals surface area contributed by atoms with Crippen LogP contribution >= 0.6 is 15.9 Å². The van der Waals surface area contributed by atoms with Crippen molar-refractivity contribution >= 4 is 27.3 Å². The minimum atomic E-state index is 0.396. The number of halogens is 1. The molecule has 0 amide bonds. The molecule has 3 aromatic heterocycles. The SMILES string of the molecule is Nc1nccn2nc(Br)c(-c3ncccn3)c12. The number of nitrogens with zero attached hydrogens (tertiary/aromatic N) is 5. The largest absolute Gasteiger partial charge is 0.382 e. The van der Waals surface area contributed by atoms with E-state index in [1.54, 1.807) is 35.4 Å². The molecule has 0 saturated carbocycles. The van der Waals surface area contributed by atoms with Crippen LogP contribution in [-0.4, -0.2) is 24.6 Å². The molecule has 0 aromatic carbocycles. The Kier molecular flexibility index (Phi) is 2.25. The van der Waals surface area contributed by atoms with Gasteiger partial charge in [0.1, 0.15) is 15.9 Å². The van der Waals surface area contributed by atoms with Crippen molar-refractivity contribution in [3.05, 3.63) is 35.5 Å². The van der Waals surface area contributed by atoms with Crippen molar-refractivity contribution in [2.24, 2.45) is 0 Å². The van der Waals surface area contributed by atoms with Gasteiger partial charge in [-0.25, -0.2) is 19.5 Å². The van der Waals surface area contributed by atoms with E-state index in [1.807, 2.05) is 0 Å². The highest BCUT2D eigenvalue weighted by atomic mass is 79.9. The number of hydrogen-bond donors (Lipinski definition) is 1. The summed E-state index contributed by atoms with van der Waals surface area (Å²) in [5.74, 6) is 0.960. The molecule has 0 fully saturated rings. The van der Waals surface area contributed by atoms with Gasteiger partial charge in [0.25, 0.3) is 0 Å². The predicted molar refractivity (Wildman–Crippen MR) is 66.1 cm³/mol. The second-order valence-electron chi connectivity index (χ2n) is 3.34. The Morgan fingerprint density at radius 1 is 1.12 bits per heavy atom. The summed E-state index contributed by atoms with van der Waals surface area (Å²) in [6, 6.07) is 1.75. The molecule has 0 aliphatic heterocycles. The Morgan fingerprint density at radius 2 is 1.88 bits per heavy atom. The van der Waals surface area contributed by atoms with Gasteiger partial charge in [-0.2, -0.15) is 5.10 Å². The van der Waals surface area contributed by atoms with E-state index in [0.717, 1.165) is 5.56 Å². The molecular formula is C10H7BrN6. The molecule has 2 N–H and O–H groups in total. The van der Waals surface area contributed by atoms with E-state index in [9.17, 15) is 0 Å². The molecule has 7 heteroatoms. The molecule has 84 valence electrons. The lowest BCUT2D eigenvalue weighted by Gasteiger charge is -1.99. The van der Waals surface area contributed by atoms with Crippen LogP contribution in [0.4, 0.5) is 5.82 Å². The summed E-state index contributed by atoms with van der Waals surface area (Å²) in [5.41, 5.74) is 7.31. The van der Waals surface area contributed by atoms with Crippen molar-refractivity contribution in [1.82, 2.24) is 24.6 Å². The van der Waals surface area contributed by atoms with E-state index in [1.165, 1.54) is 0 Å². The quantitative estimate of drug-likeness (QED) is 0.735. The summed E-state index contributed by atoms with van der Waals surface area (Å²) >= 11 is 3.39. The van der Waals surface area contributed by atoms with Gasteiger partial charge in [-0.05, 0) is 22.0 Å². The van der Waals surface area contributed by atoms with Crippen molar-refractivity contribution in [2.45, 2.75) is 0 Å². The van der Waals surface area contributed by atoms with Crippen molar-refractivity contribution in [3.63, 3.8) is 0 Å². The van der Waals surface area contributed by atoms with Gasteiger partial charge in [-0.15, -0.1) is 0 Å². The number of fused-ring (bicyclic) bond motifs is 1. The molecule has 3 rings (SSSR count). The maximum absolute atomic E-state index is 5.86. The van der Waals surface area contributed by atoms with E-state index < -0.39 is 0 Å². The summed E-state index contributed by atoms with van der Waals surface area (Å²) < 4.78 is 2.29. The van der Waals surface area contributed by atoms with Gasteiger partial charge < -0.3 is 5.73 Å². The van der Waals surface area contributed by atoms with Gasteiger partial charge in [0.2, 0.25) is 0 Å². The van der Waals surface area contributed by atoms with Crippen LogP contribution in [0.2, 0.25) is 0 Å². The zero-order valence-electron chi connectivity index (χ0n) is 8.58. The lowest BCUT2D eigenvalue weighted by molar-refractivity contribution is 0.936. The molecule has 0 atom stereocenters. The number of hydrogen-bond acceptors (Lipinski definition) is 5. The second-order valence-corrected chi connectivity index (χ2v) is 4.10. The van der Waals surface area contributed by atoms with Crippen LogP contribution < -0.4 is 5.73 Å². The van der Waals surface area contributed by atoms with Gasteiger partial charge in [-0.1, -0.05) is 0 Å². The van der Waals surface area contributed by atoms with Gasteiger partial charge in [-0.3, -0.25) is 0 Å². The normalized spacial score (nSPS) is 10.9. The fourth-order valence-corrected chi connectivity index (χ4v) is 2.16. The maximum Gasteiger partial charge on any atom is 0.164 e. The molecule has 0 bridgehead atoms. The standard InChI is InChI=1S/C10H7BrN6/c11-8-6(10-14-2-1-3-15-10)7-9(12)13-4-5-17(7)16-8/h1-5H,(H2,12,13). The number of nitrogen functional groups attached to an aromatic ring is 1. The fourth-order valence-electron chi connectivity index (χ4n) is 1.62. The highest BCUT2D eigenvalue weighted by Crippen LogP contribution is 2.31. The first-order valence-electron chi connectivity index (χ1n) is 4.83. The zero-order valence-corrected chi connectivity index (χ0v) is 10.2. The summed E-state index contributed by atoms with van der Waals surface area (Å²) in [7, 11) is 0. The smallest absolute Gasteiger partial charge is 0.164 e. The average Bonchev–Trinajstić information content (AvgIpc) is 2.68. The number of anilines is 1. The van der Waals surface area contributed by atoms with Gasteiger partial charge in [0.15, 0.2) is 5.82 Å². The Hall–Kier alpha value is -2.02. The highest BCUT2D eigenvalue weighted by Gasteiger charge is 2.17. The molecule has 0 radical (unpaired) electrons. The van der Waals surface area contributed by atoms with E-state index in [0.29, 0.717) is 21.8 Å². The molecule has 0 spiro atoms. The van der Waals surface area contributed by atoms with Crippen LogP contribution in [-0.2, 0) is 0 Å². The summed E-state index contributed by atoms with van der Waals surface area (Å²) in [5, 5.41) is 4.28. The van der Waals surface area contributed by atoms with Crippen molar-refractivity contribution in [2.75, 3.05) is 5.73 Å². The third kappa shape index (κ3) is 1.55. The van der Waals surface area contributed by atoms with Crippen LogP contribution in [0.5, 0.6) is 0 Å². The molecule has 3 aromatic rings. The number of rotatable bonds is 1. The molecule has 3 heterocycles. The first-order valence-corrected chi connectivity index (χ1v) is 5.62. The fraction of sp³-hybridized carbons (Fsp3) is 0. The molecule has 0 aliphatic rings. The maximum atomic E-state index is 5.86. The van der Waals surface area contributed by atoms with E-state index in [4.69, 9.17) is 5.73 Å². The summed E-state index contributed by atoms with van der Waals surface area (Å²) in [6.45, 7) is 0. The topological polar surface area (TPSA) is 82.0 Å². The van der Waals surface area contributed by atoms with Crippen molar-refractivity contribution in [1.29, 1.82) is 0 Å². The third-order valence-corrected chi connectivity index (χ3v) is 2.88. The molecule has 0 saturated heterocycles. The van der Waals surface area contributed by atoms with Crippen molar-refractivity contribution in [3.8, 4) is 11.4 Å². The second kappa shape index (κ2) is 3.77. The van der Waals surface area contributed by atoms with Crippen LogP contribution in [0, 0.1) is 0 Å². The van der Waals surface area contributed by atoms with Crippen LogP contribution in [0.25, 0.3) is 16.9 Å². The summed E-state index contributed by atoms with van der Waals surface area (Å²) in [6.07, 6.45) is 6.66. The Bertz CT molecular complexity index is 678.